The second-order valence-corrected chi connectivity index (χ2v) is 9.65. The maximum absolute atomic E-state index is 12.2. The number of nitrogens with one attached hydrogen (secondary N) is 1. The minimum atomic E-state index is -0.000785. The van der Waals surface area contributed by atoms with Crippen LogP contribution in [0.15, 0.2) is 57.0 Å². The Morgan fingerprint density at radius 2 is 2.11 bits per heavy atom. The van der Waals surface area contributed by atoms with Gasteiger partial charge in [0.15, 0.2) is 6.61 Å². The van der Waals surface area contributed by atoms with Crippen LogP contribution in [0.3, 0.4) is 0 Å². The van der Waals surface area contributed by atoms with E-state index in [1.54, 1.807) is 36.2 Å². The summed E-state index contributed by atoms with van der Waals surface area (Å²) in [7, 11) is 5.21. The molecule has 0 spiro atoms. The van der Waals surface area contributed by atoms with Gasteiger partial charge in [-0.05, 0) is 42.9 Å². The van der Waals surface area contributed by atoms with Crippen molar-refractivity contribution >= 4 is 41.0 Å². The van der Waals surface area contributed by atoms with Gasteiger partial charge >= 0.3 is 0 Å². The van der Waals surface area contributed by atoms with Gasteiger partial charge in [0, 0.05) is 56.1 Å². The van der Waals surface area contributed by atoms with Gasteiger partial charge in [0.05, 0.1) is 31.4 Å². The zero-order chi connectivity index (χ0) is 26.1. The average Bonchev–Trinajstić information content (AvgIpc) is 3.21. The molecule has 0 aliphatic carbocycles. The van der Waals surface area contributed by atoms with Gasteiger partial charge in [-0.3, -0.25) is 19.5 Å². The van der Waals surface area contributed by atoms with Crippen LogP contribution in [0.2, 0.25) is 0 Å². The quantitative estimate of drug-likeness (QED) is 0.359. The number of nitrogens with zero attached hydrogens (tertiary/aromatic N) is 5. The van der Waals surface area contributed by atoms with Crippen LogP contribution >= 0.6 is 11.8 Å². The van der Waals surface area contributed by atoms with Crippen molar-refractivity contribution in [2.75, 3.05) is 45.7 Å². The third kappa shape index (κ3) is 7.48. The van der Waals surface area contributed by atoms with Crippen LogP contribution < -0.4 is 14.8 Å². The molecule has 2 aromatic rings. The van der Waals surface area contributed by atoms with Gasteiger partial charge in [-0.2, -0.15) is 5.10 Å². The van der Waals surface area contributed by atoms with Gasteiger partial charge in [0.1, 0.15) is 11.5 Å². The Morgan fingerprint density at radius 1 is 1.33 bits per heavy atom. The maximum atomic E-state index is 12.2. The van der Waals surface area contributed by atoms with Crippen LogP contribution in [0.1, 0.15) is 25.8 Å². The molecule has 0 bridgehead atoms. The molecular weight excluding hydrogens is 476 g/mol. The number of aliphatic imine (C=N–C) groups is 2. The first kappa shape index (κ1) is 27.1. The number of amides is 1. The average molecular weight is 511 g/mol. The summed E-state index contributed by atoms with van der Waals surface area (Å²) in [4.78, 5) is 24.6. The second-order valence-electron chi connectivity index (χ2n) is 8.30. The smallest absolute Gasteiger partial charge is 0.260 e. The Morgan fingerprint density at radius 3 is 2.72 bits per heavy atom. The highest BCUT2D eigenvalue weighted by Crippen LogP contribution is 2.37. The number of likely N-dealkylation sites (tertiary alicyclic amines) is 1. The van der Waals surface area contributed by atoms with Crippen LogP contribution in [-0.4, -0.2) is 73.0 Å². The second kappa shape index (κ2) is 13.0. The largest absolute Gasteiger partial charge is 0.496 e. The van der Waals surface area contributed by atoms with E-state index in [9.17, 15) is 4.79 Å². The molecule has 9 nitrogen and oxygen atoms in total. The molecule has 1 aliphatic rings. The maximum Gasteiger partial charge on any atom is 0.260 e. The van der Waals surface area contributed by atoms with Crippen molar-refractivity contribution in [3.8, 4) is 11.5 Å². The van der Waals surface area contributed by atoms with Gasteiger partial charge in [-0.15, -0.1) is 0 Å². The van der Waals surface area contributed by atoms with Gasteiger partial charge in [0.25, 0.3) is 5.91 Å². The molecule has 0 unspecified atom stereocenters. The number of benzene rings is 1. The Hall–Kier alpha value is -3.53. The molecule has 192 valence electrons. The molecular formula is C26H34N6O3S. The van der Waals surface area contributed by atoms with E-state index in [1.807, 2.05) is 45.3 Å². The molecule has 0 saturated carbocycles. The van der Waals surface area contributed by atoms with Crippen LogP contribution in [0.25, 0.3) is 5.57 Å². The SMILES string of the molecule is C=C(C=NC)S/C(C)=C(\CN=C(C)Nc1cnn(C)c1)c1ccc(OCC(=O)N2CCC2)cc1OC. The number of carbonyl (C=O) groups excluding carboxylic acids is 1. The summed E-state index contributed by atoms with van der Waals surface area (Å²) in [5.74, 6) is 1.98. The number of amidine groups is 1. The van der Waals surface area contributed by atoms with E-state index in [2.05, 4.69) is 22.0 Å². The van der Waals surface area contributed by atoms with Crippen molar-refractivity contribution < 1.29 is 14.3 Å². The molecule has 1 aromatic heterocycles. The molecule has 1 fully saturated rings. The number of anilines is 1. The molecule has 1 N–H and O–H groups in total. The number of ether oxygens (including phenoxy) is 2. The highest BCUT2D eigenvalue weighted by Gasteiger charge is 2.21. The minimum Gasteiger partial charge on any atom is -0.496 e. The molecule has 1 aromatic carbocycles. The van der Waals surface area contributed by atoms with Crippen molar-refractivity contribution in [2.24, 2.45) is 17.0 Å². The van der Waals surface area contributed by atoms with Gasteiger partial charge in [0.2, 0.25) is 0 Å². The van der Waals surface area contributed by atoms with E-state index >= 15 is 0 Å². The Bertz CT molecular complexity index is 1180. The monoisotopic (exact) mass is 510 g/mol. The summed E-state index contributed by atoms with van der Waals surface area (Å²) in [6, 6.07) is 5.60. The van der Waals surface area contributed by atoms with Crippen molar-refractivity contribution in [1.82, 2.24) is 14.7 Å². The molecule has 1 amide bonds. The molecule has 1 aliphatic heterocycles. The van der Waals surface area contributed by atoms with Crippen LogP contribution in [0.5, 0.6) is 11.5 Å². The number of aryl methyl sites for hydroxylation is 1. The Kier molecular flexibility index (Phi) is 9.75. The number of thioether (sulfide) groups is 1. The summed E-state index contributed by atoms with van der Waals surface area (Å²) >= 11 is 1.53. The normalized spacial score (nSPS) is 14.4. The zero-order valence-electron chi connectivity index (χ0n) is 21.6. The Balaban J connectivity index is 1.84. The van der Waals surface area contributed by atoms with E-state index in [0.29, 0.717) is 18.0 Å². The number of hydrogen-bond acceptors (Lipinski definition) is 7. The molecule has 0 radical (unpaired) electrons. The number of aromatic nitrogens is 2. The first-order valence-electron chi connectivity index (χ1n) is 11.6. The van der Waals surface area contributed by atoms with Crippen LogP contribution in [0.4, 0.5) is 5.69 Å². The van der Waals surface area contributed by atoms with Crippen molar-refractivity contribution in [1.29, 1.82) is 0 Å². The van der Waals surface area contributed by atoms with E-state index in [4.69, 9.17) is 14.5 Å². The van der Waals surface area contributed by atoms with E-state index in [0.717, 1.165) is 52.0 Å². The number of carbonyl (C=O) groups is 1. The molecule has 10 heteroatoms. The summed E-state index contributed by atoms with van der Waals surface area (Å²) in [6.45, 7) is 10.1. The summed E-state index contributed by atoms with van der Waals surface area (Å²) in [5, 5.41) is 7.44. The van der Waals surface area contributed by atoms with Crippen molar-refractivity contribution in [3.05, 3.63) is 52.5 Å². The van der Waals surface area contributed by atoms with Crippen LogP contribution in [0, 0.1) is 0 Å². The molecule has 2 heterocycles. The fourth-order valence-corrected chi connectivity index (χ4v) is 4.41. The minimum absolute atomic E-state index is 0.000785. The van der Waals surface area contributed by atoms with Gasteiger partial charge < -0.3 is 19.7 Å². The first-order valence-corrected chi connectivity index (χ1v) is 12.5. The fraction of sp³-hybridized carbons (Fsp3) is 0.385. The molecule has 1 saturated heterocycles. The van der Waals surface area contributed by atoms with E-state index in [-0.39, 0.29) is 12.5 Å². The lowest BCUT2D eigenvalue weighted by Gasteiger charge is -2.30. The van der Waals surface area contributed by atoms with E-state index < -0.39 is 0 Å². The fourth-order valence-electron chi connectivity index (χ4n) is 3.56. The summed E-state index contributed by atoms with van der Waals surface area (Å²) in [6.07, 6.45) is 6.42. The van der Waals surface area contributed by atoms with E-state index in [1.165, 1.54) is 11.8 Å². The topological polar surface area (TPSA) is 93.3 Å². The lowest BCUT2D eigenvalue weighted by Crippen LogP contribution is -2.44. The molecule has 0 atom stereocenters. The zero-order valence-corrected chi connectivity index (χ0v) is 22.4. The van der Waals surface area contributed by atoms with Gasteiger partial charge in [-0.25, -0.2) is 0 Å². The third-order valence-corrected chi connectivity index (χ3v) is 6.48. The summed E-state index contributed by atoms with van der Waals surface area (Å²) < 4.78 is 13.2. The number of hydrogen-bond donors (Lipinski definition) is 1. The third-order valence-electron chi connectivity index (χ3n) is 5.56. The first-order chi connectivity index (χ1) is 17.3. The van der Waals surface area contributed by atoms with Crippen molar-refractivity contribution in [2.45, 2.75) is 20.3 Å². The van der Waals surface area contributed by atoms with Crippen molar-refractivity contribution in [3.63, 3.8) is 0 Å². The lowest BCUT2D eigenvalue weighted by atomic mass is 10.0. The molecule has 3 rings (SSSR count). The van der Waals surface area contributed by atoms with Gasteiger partial charge in [-0.1, -0.05) is 18.3 Å². The number of rotatable bonds is 11. The predicted octanol–water partition coefficient (Wildman–Crippen LogP) is 4.25. The Labute approximate surface area is 217 Å². The number of methoxy groups -OCH3 is 1. The summed E-state index contributed by atoms with van der Waals surface area (Å²) in [5.41, 5.74) is 2.75. The highest BCUT2D eigenvalue weighted by molar-refractivity contribution is 8.07. The number of allylic oxidation sites excluding steroid dienone is 2. The predicted molar refractivity (Wildman–Crippen MR) is 148 cm³/mol. The highest BCUT2D eigenvalue weighted by atomic mass is 32.2. The molecule has 36 heavy (non-hydrogen) atoms. The standard InChI is InChI=1S/C26H34N6O3S/c1-18(13-27-4)36-19(2)24(15-28-20(3)30-21-14-29-31(5)16-21)23-9-8-22(12-25(23)34-6)35-17-26(33)32-10-7-11-32/h8-9,12-14,16H,1,7,10-11,15,17H2,2-6H3,(H,28,30)/b24-19+,27-13?. The lowest BCUT2D eigenvalue weighted by molar-refractivity contribution is -0.136. The van der Waals surface area contributed by atoms with Crippen LogP contribution in [-0.2, 0) is 11.8 Å².